The molecule has 0 aliphatic rings. The minimum atomic E-state index is 0.697. The van der Waals surface area contributed by atoms with E-state index in [9.17, 15) is 0 Å². The SMILES string of the molecule is CCC=CCCOc1ccnnc1. The third kappa shape index (κ3) is 4.25. The molecule has 0 amide bonds. The maximum atomic E-state index is 5.40. The molecule has 0 bridgehead atoms. The Bertz CT molecular complexity index is 246. The lowest BCUT2D eigenvalue weighted by atomic mass is 10.3. The summed E-state index contributed by atoms with van der Waals surface area (Å²) < 4.78 is 5.40. The van der Waals surface area contributed by atoms with Gasteiger partial charge in [0, 0.05) is 6.07 Å². The van der Waals surface area contributed by atoms with Crippen molar-refractivity contribution in [1.82, 2.24) is 10.2 Å². The summed E-state index contributed by atoms with van der Waals surface area (Å²) in [6.45, 7) is 2.81. The third-order valence-electron chi connectivity index (χ3n) is 1.51. The highest BCUT2D eigenvalue weighted by atomic mass is 16.5. The predicted octanol–water partition coefficient (Wildman–Crippen LogP) is 2.21. The first kappa shape index (κ1) is 9.71. The van der Waals surface area contributed by atoms with Gasteiger partial charge < -0.3 is 4.74 Å². The van der Waals surface area contributed by atoms with Crippen molar-refractivity contribution >= 4 is 0 Å². The summed E-state index contributed by atoms with van der Waals surface area (Å²) in [5.74, 6) is 0.778. The second-order valence-corrected chi connectivity index (χ2v) is 2.59. The monoisotopic (exact) mass is 178 g/mol. The van der Waals surface area contributed by atoms with Crippen LogP contribution in [-0.2, 0) is 0 Å². The lowest BCUT2D eigenvalue weighted by Gasteiger charge is -2.01. The summed E-state index contributed by atoms with van der Waals surface area (Å²) in [5, 5.41) is 7.37. The molecule has 1 aromatic heterocycles. The summed E-state index contributed by atoms with van der Waals surface area (Å²) in [7, 11) is 0. The van der Waals surface area contributed by atoms with Gasteiger partial charge in [-0.1, -0.05) is 19.1 Å². The Labute approximate surface area is 78.5 Å². The number of nitrogens with zero attached hydrogens (tertiary/aromatic N) is 2. The molecule has 0 aliphatic heterocycles. The van der Waals surface area contributed by atoms with Crippen LogP contribution in [0.2, 0.25) is 0 Å². The zero-order chi connectivity index (χ0) is 9.36. The van der Waals surface area contributed by atoms with E-state index >= 15 is 0 Å². The largest absolute Gasteiger partial charge is 0.492 e. The molecule has 0 saturated carbocycles. The van der Waals surface area contributed by atoms with Crippen LogP contribution in [0.1, 0.15) is 19.8 Å². The van der Waals surface area contributed by atoms with Crippen LogP contribution < -0.4 is 4.74 Å². The lowest BCUT2D eigenvalue weighted by Crippen LogP contribution is -1.96. The van der Waals surface area contributed by atoms with Gasteiger partial charge in [-0.2, -0.15) is 10.2 Å². The van der Waals surface area contributed by atoms with Crippen molar-refractivity contribution < 1.29 is 4.74 Å². The van der Waals surface area contributed by atoms with Crippen LogP contribution in [-0.4, -0.2) is 16.8 Å². The summed E-state index contributed by atoms with van der Waals surface area (Å²) in [6.07, 6.45) is 9.51. The van der Waals surface area contributed by atoms with Crippen LogP contribution >= 0.6 is 0 Å². The van der Waals surface area contributed by atoms with E-state index in [0.29, 0.717) is 6.61 Å². The van der Waals surface area contributed by atoms with Crippen molar-refractivity contribution in [3.8, 4) is 5.75 Å². The van der Waals surface area contributed by atoms with Gasteiger partial charge in [0.25, 0.3) is 0 Å². The van der Waals surface area contributed by atoms with Crippen molar-refractivity contribution in [2.24, 2.45) is 0 Å². The summed E-state index contributed by atoms with van der Waals surface area (Å²) in [5.41, 5.74) is 0. The number of allylic oxidation sites excluding steroid dienone is 1. The van der Waals surface area contributed by atoms with Gasteiger partial charge in [0.15, 0.2) is 0 Å². The van der Waals surface area contributed by atoms with Crippen molar-refractivity contribution in [3.05, 3.63) is 30.6 Å². The summed E-state index contributed by atoms with van der Waals surface area (Å²) >= 11 is 0. The molecule has 13 heavy (non-hydrogen) atoms. The molecule has 0 atom stereocenters. The first-order valence-electron chi connectivity index (χ1n) is 4.48. The van der Waals surface area contributed by atoms with E-state index in [1.165, 1.54) is 0 Å². The molecule has 3 heteroatoms. The van der Waals surface area contributed by atoms with Gasteiger partial charge in [0.2, 0.25) is 0 Å². The minimum absolute atomic E-state index is 0.697. The molecule has 0 aromatic carbocycles. The second-order valence-electron chi connectivity index (χ2n) is 2.59. The molecule has 0 saturated heterocycles. The van der Waals surface area contributed by atoms with E-state index < -0.39 is 0 Å². The molecule has 0 fully saturated rings. The van der Waals surface area contributed by atoms with E-state index in [0.717, 1.165) is 18.6 Å². The Morgan fingerprint density at radius 3 is 3.00 bits per heavy atom. The smallest absolute Gasteiger partial charge is 0.141 e. The highest BCUT2D eigenvalue weighted by Crippen LogP contribution is 2.04. The topological polar surface area (TPSA) is 35.0 Å². The standard InChI is InChI=1S/C10H14N2O/c1-2-3-4-5-8-13-10-6-7-11-12-9-10/h3-4,6-7,9H,2,5,8H2,1H3. The fourth-order valence-electron chi connectivity index (χ4n) is 0.893. The number of aromatic nitrogens is 2. The van der Waals surface area contributed by atoms with E-state index in [1.54, 1.807) is 18.5 Å². The van der Waals surface area contributed by atoms with Crippen LogP contribution in [0.3, 0.4) is 0 Å². The third-order valence-corrected chi connectivity index (χ3v) is 1.51. The Hall–Kier alpha value is -1.38. The average Bonchev–Trinajstić information content (AvgIpc) is 2.19. The molecular formula is C10H14N2O. The van der Waals surface area contributed by atoms with E-state index in [-0.39, 0.29) is 0 Å². The molecule has 3 nitrogen and oxygen atoms in total. The fourth-order valence-corrected chi connectivity index (χ4v) is 0.893. The minimum Gasteiger partial charge on any atom is -0.492 e. The van der Waals surface area contributed by atoms with Crippen LogP contribution in [0.15, 0.2) is 30.6 Å². The Morgan fingerprint density at radius 1 is 1.38 bits per heavy atom. The fraction of sp³-hybridized carbons (Fsp3) is 0.400. The van der Waals surface area contributed by atoms with Crippen molar-refractivity contribution in [2.75, 3.05) is 6.61 Å². The Kier molecular flexibility index (Phi) is 4.61. The van der Waals surface area contributed by atoms with E-state index in [2.05, 4.69) is 29.3 Å². The predicted molar refractivity (Wildman–Crippen MR) is 51.6 cm³/mol. The van der Waals surface area contributed by atoms with Crippen LogP contribution in [0.25, 0.3) is 0 Å². The molecule has 1 rings (SSSR count). The number of hydrogen-bond acceptors (Lipinski definition) is 3. The van der Waals surface area contributed by atoms with Gasteiger partial charge in [-0.05, 0) is 12.8 Å². The number of hydrogen-bond donors (Lipinski definition) is 0. The molecule has 0 unspecified atom stereocenters. The van der Waals surface area contributed by atoms with Crippen molar-refractivity contribution in [1.29, 1.82) is 0 Å². The van der Waals surface area contributed by atoms with Gasteiger partial charge >= 0.3 is 0 Å². The molecular weight excluding hydrogens is 164 g/mol. The molecule has 0 spiro atoms. The maximum Gasteiger partial charge on any atom is 0.141 e. The highest BCUT2D eigenvalue weighted by molar-refractivity contribution is 5.12. The molecule has 1 aromatic rings. The zero-order valence-corrected chi connectivity index (χ0v) is 7.81. The Morgan fingerprint density at radius 2 is 2.31 bits per heavy atom. The lowest BCUT2D eigenvalue weighted by molar-refractivity contribution is 0.322. The highest BCUT2D eigenvalue weighted by Gasteiger charge is 1.89. The molecule has 0 N–H and O–H groups in total. The first-order chi connectivity index (χ1) is 6.43. The second kappa shape index (κ2) is 6.17. The normalized spacial score (nSPS) is 10.5. The van der Waals surface area contributed by atoms with Gasteiger partial charge in [-0.25, -0.2) is 0 Å². The molecule has 70 valence electrons. The van der Waals surface area contributed by atoms with Crippen LogP contribution in [0, 0.1) is 0 Å². The zero-order valence-electron chi connectivity index (χ0n) is 7.81. The average molecular weight is 178 g/mol. The first-order valence-corrected chi connectivity index (χ1v) is 4.48. The maximum absolute atomic E-state index is 5.40. The number of rotatable bonds is 5. The quantitative estimate of drug-likeness (QED) is 0.512. The van der Waals surface area contributed by atoms with E-state index in [4.69, 9.17) is 4.74 Å². The van der Waals surface area contributed by atoms with E-state index in [1.807, 2.05) is 0 Å². The van der Waals surface area contributed by atoms with Gasteiger partial charge in [0.05, 0.1) is 19.0 Å². The molecule has 0 radical (unpaired) electrons. The summed E-state index contributed by atoms with van der Waals surface area (Å²) in [6, 6.07) is 1.80. The number of ether oxygens (including phenoxy) is 1. The molecule has 1 heterocycles. The van der Waals surface area contributed by atoms with Gasteiger partial charge in [-0.3, -0.25) is 0 Å². The van der Waals surface area contributed by atoms with Gasteiger partial charge in [-0.15, -0.1) is 0 Å². The molecule has 0 aliphatic carbocycles. The van der Waals surface area contributed by atoms with Crippen LogP contribution in [0.5, 0.6) is 5.75 Å². The van der Waals surface area contributed by atoms with Crippen molar-refractivity contribution in [2.45, 2.75) is 19.8 Å². The Balaban J connectivity index is 2.17. The van der Waals surface area contributed by atoms with Crippen LogP contribution in [0.4, 0.5) is 0 Å². The van der Waals surface area contributed by atoms with Gasteiger partial charge in [0.1, 0.15) is 5.75 Å². The van der Waals surface area contributed by atoms with Crippen molar-refractivity contribution in [3.63, 3.8) is 0 Å². The summed E-state index contributed by atoms with van der Waals surface area (Å²) in [4.78, 5) is 0.